The minimum absolute atomic E-state index is 0.0836. The van der Waals surface area contributed by atoms with Crippen molar-refractivity contribution in [2.75, 3.05) is 38.1 Å². The zero-order valence-corrected chi connectivity index (χ0v) is 14.5. The van der Waals surface area contributed by atoms with Gasteiger partial charge in [0.1, 0.15) is 11.3 Å². The first-order valence-corrected chi connectivity index (χ1v) is 7.98. The van der Waals surface area contributed by atoms with E-state index in [0.29, 0.717) is 18.1 Å². The molecule has 122 valence electrons. The molecule has 0 aliphatic carbocycles. The molecule has 2 heterocycles. The van der Waals surface area contributed by atoms with E-state index in [1.165, 1.54) is 6.33 Å². The van der Waals surface area contributed by atoms with Gasteiger partial charge in [0.05, 0.1) is 6.20 Å². The van der Waals surface area contributed by atoms with Crippen LogP contribution in [0.25, 0.3) is 0 Å². The molecule has 2 amide bonds. The first kappa shape index (κ1) is 16.8. The molecule has 22 heavy (non-hydrogen) atoms. The second-order valence-corrected chi connectivity index (χ2v) is 6.58. The minimum Gasteiger partial charge on any atom is -0.352 e. The largest absolute Gasteiger partial charge is 0.352 e. The number of aromatic nitrogens is 2. The van der Waals surface area contributed by atoms with E-state index in [2.05, 4.69) is 35.6 Å². The number of rotatable bonds is 3. The lowest BCUT2D eigenvalue weighted by Gasteiger charge is -2.41. The predicted octanol–water partition coefficient (Wildman–Crippen LogP) is 2.49. The maximum absolute atomic E-state index is 12.6. The average molecular weight is 326 g/mol. The van der Waals surface area contributed by atoms with Gasteiger partial charge in [0.2, 0.25) is 0 Å². The fourth-order valence-electron chi connectivity index (χ4n) is 2.36. The first-order chi connectivity index (χ1) is 10.4. The van der Waals surface area contributed by atoms with Crippen molar-refractivity contribution in [3.63, 3.8) is 0 Å². The van der Waals surface area contributed by atoms with Gasteiger partial charge in [0, 0.05) is 38.8 Å². The molecular formula is C15H24ClN5O. The minimum atomic E-state index is -0.135. The number of carbonyl (C=O) groups is 1. The Bertz CT molecular complexity index is 528. The number of hydrogen-bond donors (Lipinski definition) is 0. The van der Waals surface area contributed by atoms with Gasteiger partial charge in [-0.05, 0) is 20.3 Å². The van der Waals surface area contributed by atoms with Crippen LogP contribution in [-0.4, -0.2) is 64.6 Å². The summed E-state index contributed by atoms with van der Waals surface area (Å²) < 4.78 is 0. The number of carbonyl (C=O) groups excluding carboxylic acids is 1. The molecule has 0 atom stereocenters. The first-order valence-electron chi connectivity index (χ1n) is 7.60. The molecule has 1 aromatic heterocycles. The Morgan fingerprint density at radius 2 is 2.00 bits per heavy atom. The molecule has 1 aromatic rings. The third-order valence-electron chi connectivity index (χ3n) is 4.56. The van der Waals surface area contributed by atoms with Crippen LogP contribution in [0.5, 0.6) is 0 Å². The summed E-state index contributed by atoms with van der Waals surface area (Å²) >= 11 is 6.13. The smallest absolute Gasteiger partial charge is 0.320 e. The van der Waals surface area contributed by atoms with Crippen molar-refractivity contribution >= 4 is 23.4 Å². The van der Waals surface area contributed by atoms with Crippen LogP contribution in [0.2, 0.25) is 5.02 Å². The lowest BCUT2D eigenvalue weighted by Crippen LogP contribution is -2.56. The van der Waals surface area contributed by atoms with Gasteiger partial charge in [-0.15, -0.1) is 0 Å². The van der Waals surface area contributed by atoms with E-state index in [1.54, 1.807) is 6.20 Å². The van der Waals surface area contributed by atoms with Crippen molar-refractivity contribution in [2.24, 2.45) is 0 Å². The molecule has 1 saturated heterocycles. The summed E-state index contributed by atoms with van der Waals surface area (Å²) in [4.78, 5) is 26.5. The Hall–Kier alpha value is -1.56. The molecule has 1 aliphatic heterocycles. The molecule has 0 aromatic carbocycles. The molecule has 0 N–H and O–H groups in total. The van der Waals surface area contributed by atoms with Crippen LogP contribution in [0, 0.1) is 0 Å². The van der Waals surface area contributed by atoms with Gasteiger partial charge in [-0.25, -0.2) is 14.8 Å². The summed E-state index contributed by atoms with van der Waals surface area (Å²) in [5, 5.41) is 0.548. The van der Waals surface area contributed by atoms with E-state index in [0.717, 1.165) is 25.3 Å². The highest BCUT2D eigenvalue weighted by Crippen LogP contribution is 2.23. The number of hydrogen-bond acceptors (Lipinski definition) is 4. The maximum atomic E-state index is 12.6. The zero-order valence-electron chi connectivity index (χ0n) is 13.7. The van der Waals surface area contributed by atoms with E-state index in [9.17, 15) is 4.79 Å². The van der Waals surface area contributed by atoms with Gasteiger partial charge in [-0.3, -0.25) is 0 Å². The van der Waals surface area contributed by atoms with Crippen LogP contribution in [-0.2, 0) is 0 Å². The lowest BCUT2D eigenvalue weighted by molar-refractivity contribution is 0.114. The van der Waals surface area contributed by atoms with Crippen molar-refractivity contribution in [2.45, 2.75) is 32.7 Å². The molecule has 6 nitrogen and oxygen atoms in total. The predicted molar refractivity (Wildman–Crippen MR) is 88.4 cm³/mol. The van der Waals surface area contributed by atoms with E-state index in [-0.39, 0.29) is 11.6 Å². The zero-order chi connectivity index (χ0) is 16.3. The Kier molecular flexibility index (Phi) is 5.11. The molecule has 1 fully saturated rings. The fraction of sp³-hybridized carbons (Fsp3) is 0.667. The highest BCUT2D eigenvalue weighted by Gasteiger charge is 2.31. The molecule has 0 spiro atoms. The number of amides is 2. The van der Waals surface area contributed by atoms with Gasteiger partial charge >= 0.3 is 6.03 Å². The summed E-state index contributed by atoms with van der Waals surface area (Å²) in [6, 6.07) is 0.0836. The van der Waals surface area contributed by atoms with E-state index in [1.807, 2.05) is 16.8 Å². The van der Waals surface area contributed by atoms with Crippen molar-refractivity contribution in [1.82, 2.24) is 19.8 Å². The molecule has 0 unspecified atom stereocenters. The third-order valence-corrected chi connectivity index (χ3v) is 4.82. The Morgan fingerprint density at radius 3 is 2.55 bits per heavy atom. The lowest BCUT2D eigenvalue weighted by atomic mass is 10.0. The number of piperazine rings is 1. The van der Waals surface area contributed by atoms with Crippen molar-refractivity contribution in [3.05, 3.63) is 17.5 Å². The number of halogens is 1. The summed E-state index contributed by atoms with van der Waals surface area (Å²) in [5.74, 6) is 0.742. The van der Waals surface area contributed by atoms with Crippen molar-refractivity contribution < 1.29 is 4.79 Å². The number of nitrogens with zero attached hydrogens (tertiary/aromatic N) is 5. The normalized spacial score (nSPS) is 15.9. The van der Waals surface area contributed by atoms with Crippen LogP contribution >= 0.6 is 11.6 Å². The highest BCUT2D eigenvalue weighted by atomic mass is 35.5. The summed E-state index contributed by atoms with van der Waals surface area (Å²) in [7, 11) is 1.87. The molecule has 0 saturated carbocycles. The summed E-state index contributed by atoms with van der Waals surface area (Å²) in [6.07, 6.45) is 4.01. The quantitative estimate of drug-likeness (QED) is 0.856. The molecule has 2 rings (SSSR count). The number of anilines is 1. The molecular weight excluding hydrogens is 302 g/mol. The number of urea groups is 1. The van der Waals surface area contributed by atoms with Gasteiger partial charge in [-0.1, -0.05) is 18.5 Å². The average Bonchev–Trinajstić information content (AvgIpc) is 2.54. The maximum Gasteiger partial charge on any atom is 0.320 e. The molecule has 7 heteroatoms. The van der Waals surface area contributed by atoms with Crippen molar-refractivity contribution in [1.29, 1.82) is 0 Å². The van der Waals surface area contributed by atoms with Crippen LogP contribution in [0.15, 0.2) is 12.5 Å². The van der Waals surface area contributed by atoms with Crippen LogP contribution in [0.1, 0.15) is 27.2 Å². The molecule has 1 aliphatic rings. The van der Waals surface area contributed by atoms with Gasteiger partial charge in [0.15, 0.2) is 5.82 Å². The van der Waals surface area contributed by atoms with Crippen LogP contribution < -0.4 is 4.90 Å². The van der Waals surface area contributed by atoms with Gasteiger partial charge < -0.3 is 14.7 Å². The Labute approximate surface area is 137 Å². The second kappa shape index (κ2) is 6.69. The van der Waals surface area contributed by atoms with Crippen molar-refractivity contribution in [3.8, 4) is 0 Å². The standard InChI is InChI=1S/C15H24ClN5O/c1-5-15(2,3)19(4)14(22)21-8-6-20(7-9-21)13-12(16)10-17-11-18-13/h10-11H,5-9H2,1-4H3. The fourth-order valence-corrected chi connectivity index (χ4v) is 2.58. The van der Waals surface area contributed by atoms with E-state index in [4.69, 9.17) is 11.6 Å². The van der Waals surface area contributed by atoms with E-state index >= 15 is 0 Å². The monoisotopic (exact) mass is 325 g/mol. The topological polar surface area (TPSA) is 52.6 Å². The van der Waals surface area contributed by atoms with Crippen LogP contribution in [0.3, 0.4) is 0 Å². The van der Waals surface area contributed by atoms with Crippen LogP contribution in [0.4, 0.5) is 10.6 Å². The van der Waals surface area contributed by atoms with E-state index < -0.39 is 0 Å². The summed E-state index contributed by atoms with van der Waals surface area (Å²) in [6.45, 7) is 9.06. The summed E-state index contributed by atoms with van der Waals surface area (Å²) in [5.41, 5.74) is -0.135. The SMILES string of the molecule is CCC(C)(C)N(C)C(=O)N1CCN(c2ncncc2Cl)CC1. The Morgan fingerprint density at radius 1 is 1.36 bits per heavy atom. The molecule has 0 bridgehead atoms. The Balaban J connectivity index is 1.98. The highest BCUT2D eigenvalue weighted by molar-refractivity contribution is 6.32. The third kappa shape index (κ3) is 3.43. The second-order valence-electron chi connectivity index (χ2n) is 6.18. The van der Waals surface area contributed by atoms with Gasteiger partial charge in [-0.2, -0.15) is 0 Å². The molecule has 0 radical (unpaired) electrons. The van der Waals surface area contributed by atoms with Gasteiger partial charge in [0.25, 0.3) is 0 Å².